The molecule has 0 amide bonds. The first-order valence-electron chi connectivity index (χ1n) is 20.5. The summed E-state index contributed by atoms with van der Waals surface area (Å²) in [5.41, 5.74) is 11.2. The number of rotatable bonds is 12. The number of allylic oxidation sites excluding steroid dienone is 3. The largest absolute Gasteiger partial charge is 0.488 e. The zero-order chi connectivity index (χ0) is 40.9. The van der Waals surface area contributed by atoms with E-state index < -0.39 is 0 Å². The first kappa shape index (κ1) is 42.9. The predicted molar refractivity (Wildman–Crippen MR) is 230 cm³/mol. The number of nitrogens with zero attached hydrogens (tertiary/aromatic N) is 1. The highest BCUT2D eigenvalue weighted by molar-refractivity contribution is 6.12. The molecule has 57 heavy (non-hydrogen) atoms. The van der Waals surface area contributed by atoms with Crippen LogP contribution in [0.3, 0.4) is 0 Å². The van der Waals surface area contributed by atoms with Gasteiger partial charge in [-0.15, -0.1) is 0 Å². The van der Waals surface area contributed by atoms with Crippen molar-refractivity contribution < 1.29 is 23.0 Å². The summed E-state index contributed by atoms with van der Waals surface area (Å²) < 4.78 is 40.4. The van der Waals surface area contributed by atoms with Gasteiger partial charge >= 0.3 is 0 Å². The SMILES string of the molecule is C=C/C(C(=O)c1cc2cc(OC3CCN(C4CCCC4)C3)c(-c3ccccc3F)cc2[nH]1)=C(\C)N.CCCCC.CCc1ccc(Oc2ccccc2F)c(C)c1. The van der Waals surface area contributed by atoms with Gasteiger partial charge in [-0.05, 0) is 93.1 Å². The van der Waals surface area contributed by atoms with Gasteiger partial charge in [0.15, 0.2) is 11.6 Å². The van der Waals surface area contributed by atoms with Gasteiger partial charge in [0.25, 0.3) is 0 Å². The second-order valence-electron chi connectivity index (χ2n) is 15.0. The minimum absolute atomic E-state index is 0.0498. The number of fused-ring (bicyclic) bond motifs is 1. The van der Waals surface area contributed by atoms with E-state index in [1.807, 2.05) is 37.3 Å². The van der Waals surface area contributed by atoms with Gasteiger partial charge in [0.05, 0.1) is 5.69 Å². The molecule has 1 atom stereocenters. The van der Waals surface area contributed by atoms with Crippen molar-refractivity contribution in [2.75, 3.05) is 13.1 Å². The molecule has 8 heteroatoms. The third-order valence-corrected chi connectivity index (χ3v) is 10.7. The van der Waals surface area contributed by atoms with E-state index in [1.165, 1.54) is 68.7 Å². The van der Waals surface area contributed by atoms with Crippen LogP contribution in [0.4, 0.5) is 8.78 Å². The molecule has 7 rings (SSSR count). The summed E-state index contributed by atoms with van der Waals surface area (Å²) in [6.45, 7) is 15.8. The smallest absolute Gasteiger partial charge is 0.210 e. The summed E-state index contributed by atoms with van der Waals surface area (Å²) in [7, 11) is 0. The van der Waals surface area contributed by atoms with Gasteiger partial charge < -0.3 is 20.2 Å². The molecule has 2 fully saturated rings. The number of carbonyl (C=O) groups excluding carboxylic acids is 1. The minimum atomic E-state index is -0.341. The van der Waals surface area contributed by atoms with Crippen molar-refractivity contribution in [3.63, 3.8) is 0 Å². The van der Waals surface area contributed by atoms with Crippen molar-refractivity contribution in [1.29, 1.82) is 0 Å². The highest BCUT2D eigenvalue weighted by Gasteiger charge is 2.31. The number of unbranched alkanes of at least 4 members (excludes halogenated alkanes) is 2. The molecular formula is C49H59F2N3O3. The molecule has 4 aromatic carbocycles. The molecule has 3 N–H and O–H groups in total. The lowest BCUT2D eigenvalue weighted by Crippen LogP contribution is -2.32. The van der Waals surface area contributed by atoms with Crippen molar-refractivity contribution in [3.05, 3.63) is 137 Å². The molecule has 6 nitrogen and oxygen atoms in total. The summed E-state index contributed by atoms with van der Waals surface area (Å²) in [5.74, 6) is 0.718. The lowest BCUT2D eigenvalue weighted by molar-refractivity contribution is 0.103. The van der Waals surface area contributed by atoms with E-state index >= 15 is 0 Å². The second-order valence-corrected chi connectivity index (χ2v) is 15.0. The van der Waals surface area contributed by atoms with Gasteiger partial charge in [0.1, 0.15) is 23.4 Å². The summed E-state index contributed by atoms with van der Waals surface area (Å²) in [4.78, 5) is 18.7. The van der Waals surface area contributed by atoms with Crippen LogP contribution in [-0.4, -0.2) is 40.9 Å². The molecule has 0 bridgehead atoms. The van der Waals surface area contributed by atoms with E-state index in [4.69, 9.17) is 15.2 Å². The normalized spacial score (nSPS) is 15.9. The van der Waals surface area contributed by atoms with E-state index in [0.29, 0.717) is 45.6 Å². The third-order valence-electron chi connectivity index (χ3n) is 10.7. The number of halogens is 2. The standard InChI is InChI=1S/C29H32FN3O2.C15H15FO.C5H12/c1-3-22(18(2)31)29(34)27-14-19-15-28(35-21-12-13-33(17-21)20-8-4-5-9-20)24(16-26(19)32-27)23-10-6-7-11-25(23)30;1-3-12-8-9-14(11(2)10-12)17-15-7-5-4-6-13(15)16;1-3-5-4-2/h3,6-7,10-11,14-16,20-21,32H,1,4-5,8-9,12-13,17,31H2,2H3;4-10H,3H2,1-2H3;3-5H2,1-2H3/b22-18-;;. The van der Waals surface area contributed by atoms with Crippen LogP contribution in [0.15, 0.2) is 109 Å². The number of H-pyrrole nitrogens is 1. The Balaban J connectivity index is 0.000000234. The molecule has 0 spiro atoms. The number of aromatic amines is 1. The predicted octanol–water partition coefficient (Wildman–Crippen LogP) is 12.7. The molecule has 1 aliphatic heterocycles. The summed E-state index contributed by atoms with van der Waals surface area (Å²) in [6.07, 6.45) is 12.7. The van der Waals surface area contributed by atoms with Crippen LogP contribution in [0.1, 0.15) is 101 Å². The lowest BCUT2D eigenvalue weighted by Gasteiger charge is -2.24. The fourth-order valence-electron chi connectivity index (χ4n) is 7.52. The van der Waals surface area contributed by atoms with E-state index in [-0.39, 0.29) is 29.3 Å². The van der Waals surface area contributed by atoms with Gasteiger partial charge in [-0.25, -0.2) is 8.78 Å². The number of benzene rings is 4. The molecule has 5 aromatic rings. The maximum absolute atomic E-state index is 14.9. The molecule has 2 heterocycles. The summed E-state index contributed by atoms with van der Waals surface area (Å²) in [5, 5.41) is 0.826. The Bertz CT molecular complexity index is 2140. The quantitative estimate of drug-likeness (QED) is 0.0749. The van der Waals surface area contributed by atoms with Crippen molar-refractivity contribution in [2.45, 2.75) is 105 Å². The van der Waals surface area contributed by atoms with Crippen LogP contribution in [0.25, 0.3) is 22.0 Å². The zero-order valence-corrected chi connectivity index (χ0v) is 34.3. The average Bonchev–Trinajstić information content (AvgIpc) is 3.99. The Hall–Kier alpha value is -5.21. The Kier molecular flexibility index (Phi) is 15.7. The number of ketones is 1. The average molecular weight is 776 g/mol. The number of hydrogen-bond donors (Lipinski definition) is 2. The van der Waals surface area contributed by atoms with Crippen LogP contribution >= 0.6 is 0 Å². The first-order chi connectivity index (χ1) is 27.6. The number of aromatic nitrogens is 1. The van der Waals surface area contributed by atoms with E-state index in [2.05, 4.69) is 43.3 Å². The van der Waals surface area contributed by atoms with E-state index in [0.717, 1.165) is 42.4 Å². The number of Topliss-reactive ketones (excluding diaryl/α,β-unsaturated/α-hetero) is 1. The van der Waals surface area contributed by atoms with Crippen LogP contribution < -0.4 is 15.2 Å². The van der Waals surface area contributed by atoms with Gasteiger partial charge in [-0.2, -0.15) is 0 Å². The number of nitrogens with two attached hydrogens (primary N) is 1. The van der Waals surface area contributed by atoms with Crippen molar-refractivity contribution in [2.24, 2.45) is 5.73 Å². The third kappa shape index (κ3) is 11.2. The Morgan fingerprint density at radius 3 is 2.19 bits per heavy atom. The number of likely N-dealkylation sites (tertiary alicyclic amines) is 1. The Morgan fingerprint density at radius 2 is 1.58 bits per heavy atom. The minimum Gasteiger partial charge on any atom is -0.488 e. The van der Waals surface area contributed by atoms with Crippen molar-refractivity contribution >= 4 is 16.7 Å². The Labute approximate surface area is 337 Å². The highest BCUT2D eigenvalue weighted by Crippen LogP contribution is 2.38. The second kappa shape index (κ2) is 20.8. The van der Waals surface area contributed by atoms with Crippen LogP contribution in [0, 0.1) is 18.6 Å². The fourth-order valence-corrected chi connectivity index (χ4v) is 7.52. The van der Waals surface area contributed by atoms with Gasteiger partial charge in [0, 0.05) is 52.4 Å². The maximum atomic E-state index is 14.9. The summed E-state index contributed by atoms with van der Waals surface area (Å²) in [6, 6.07) is 25.3. The van der Waals surface area contributed by atoms with Gasteiger partial charge in [-0.3, -0.25) is 9.69 Å². The molecule has 2 aliphatic rings. The molecule has 1 saturated carbocycles. The molecule has 1 aliphatic carbocycles. The number of aryl methyl sites for hydroxylation is 2. The Morgan fingerprint density at radius 1 is 0.877 bits per heavy atom. The van der Waals surface area contributed by atoms with Crippen molar-refractivity contribution in [3.8, 4) is 28.4 Å². The molecule has 1 unspecified atom stereocenters. The van der Waals surface area contributed by atoms with E-state index in [1.54, 1.807) is 43.3 Å². The van der Waals surface area contributed by atoms with E-state index in [9.17, 15) is 13.6 Å². The topological polar surface area (TPSA) is 80.6 Å². The molecule has 302 valence electrons. The van der Waals surface area contributed by atoms with Crippen molar-refractivity contribution in [1.82, 2.24) is 9.88 Å². The summed E-state index contributed by atoms with van der Waals surface area (Å²) >= 11 is 0. The number of para-hydroxylation sites is 1. The molecule has 0 radical (unpaired) electrons. The maximum Gasteiger partial charge on any atom is 0.210 e. The number of nitrogens with one attached hydrogen (secondary N) is 1. The first-order valence-corrected chi connectivity index (χ1v) is 20.5. The zero-order valence-electron chi connectivity index (χ0n) is 34.3. The molecular weight excluding hydrogens is 717 g/mol. The lowest BCUT2D eigenvalue weighted by atomic mass is 10.0. The van der Waals surface area contributed by atoms with Gasteiger partial charge in [-0.1, -0.05) is 108 Å². The van der Waals surface area contributed by atoms with Crippen LogP contribution in [0.5, 0.6) is 17.2 Å². The monoisotopic (exact) mass is 775 g/mol. The van der Waals surface area contributed by atoms with Crippen LogP contribution in [0.2, 0.25) is 0 Å². The fraction of sp³-hybridized carbons (Fsp3) is 0.367. The number of hydrogen-bond acceptors (Lipinski definition) is 5. The van der Waals surface area contributed by atoms with Crippen LogP contribution in [-0.2, 0) is 6.42 Å². The molecule has 1 saturated heterocycles. The van der Waals surface area contributed by atoms with Gasteiger partial charge in [0.2, 0.25) is 5.78 Å². The number of ether oxygens (including phenoxy) is 2. The number of carbonyl (C=O) groups is 1. The highest BCUT2D eigenvalue weighted by atomic mass is 19.1. The molecule has 1 aromatic heterocycles.